The Kier molecular flexibility index (Phi) is 3.31. The first-order valence-corrected chi connectivity index (χ1v) is 5.62. The molecule has 0 unspecified atom stereocenters. The Labute approximate surface area is 97.5 Å². The van der Waals surface area contributed by atoms with Gasteiger partial charge in [-0.05, 0) is 6.92 Å². The number of rotatable bonds is 4. The Balaban J connectivity index is 1.99. The Morgan fingerprint density at radius 2 is 2.31 bits per heavy atom. The summed E-state index contributed by atoms with van der Waals surface area (Å²) < 4.78 is 5.01. The lowest BCUT2D eigenvalue weighted by Gasteiger charge is -2.03. The third kappa shape index (κ3) is 2.66. The second-order valence-corrected chi connectivity index (χ2v) is 4.44. The Bertz CT molecular complexity index is 471. The minimum absolute atomic E-state index is 0.554. The summed E-state index contributed by atoms with van der Waals surface area (Å²) >= 11 is 1.66. The van der Waals surface area contributed by atoms with Gasteiger partial charge in [-0.1, -0.05) is 0 Å². The number of nitrogens with one attached hydrogen (secondary N) is 1. The van der Waals surface area contributed by atoms with Crippen LogP contribution in [0.2, 0.25) is 0 Å². The van der Waals surface area contributed by atoms with E-state index in [0.717, 1.165) is 9.88 Å². The summed E-state index contributed by atoms with van der Waals surface area (Å²) in [6, 6.07) is 1.71. The SMILES string of the molecule is COc1ccnc(NCc2cnc(C)s2)n1. The van der Waals surface area contributed by atoms with Crippen LogP contribution in [0.4, 0.5) is 5.95 Å². The van der Waals surface area contributed by atoms with Crippen LogP contribution in [0.1, 0.15) is 9.88 Å². The summed E-state index contributed by atoms with van der Waals surface area (Å²) in [6.45, 7) is 2.66. The van der Waals surface area contributed by atoms with E-state index >= 15 is 0 Å². The van der Waals surface area contributed by atoms with Gasteiger partial charge in [0.25, 0.3) is 0 Å². The van der Waals surface area contributed by atoms with E-state index in [1.54, 1.807) is 30.7 Å². The number of nitrogens with zero attached hydrogens (tertiary/aromatic N) is 3. The molecule has 2 rings (SSSR count). The summed E-state index contributed by atoms with van der Waals surface area (Å²) in [5.74, 6) is 1.11. The predicted molar refractivity (Wildman–Crippen MR) is 62.8 cm³/mol. The number of hydrogen-bond acceptors (Lipinski definition) is 6. The van der Waals surface area contributed by atoms with E-state index in [1.807, 2.05) is 13.1 Å². The Morgan fingerprint density at radius 1 is 1.44 bits per heavy atom. The van der Waals surface area contributed by atoms with Crippen LogP contribution >= 0.6 is 11.3 Å². The van der Waals surface area contributed by atoms with Gasteiger partial charge in [0.05, 0.1) is 18.7 Å². The van der Waals surface area contributed by atoms with Crippen LogP contribution in [0.5, 0.6) is 5.88 Å². The molecule has 0 radical (unpaired) electrons. The van der Waals surface area contributed by atoms with E-state index in [2.05, 4.69) is 20.3 Å². The maximum absolute atomic E-state index is 5.01. The molecule has 0 saturated carbocycles. The van der Waals surface area contributed by atoms with Crippen molar-refractivity contribution < 1.29 is 4.74 Å². The summed E-state index contributed by atoms with van der Waals surface area (Å²) in [5.41, 5.74) is 0. The van der Waals surface area contributed by atoms with Crippen molar-refractivity contribution >= 4 is 17.3 Å². The number of anilines is 1. The number of methoxy groups -OCH3 is 1. The smallest absolute Gasteiger partial charge is 0.226 e. The number of aromatic nitrogens is 3. The normalized spacial score (nSPS) is 10.1. The van der Waals surface area contributed by atoms with Crippen molar-refractivity contribution in [2.24, 2.45) is 0 Å². The molecule has 1 N–H and O–H groups in total. The largest absolute Gasteiger partial charge is 0.481 e. The van der Waals surface area contributed by atoms with Crippen molar-refractivity contribution in [3.05, 3.63) is 28.3 Å². The first-order valence-electron chi connectivity index (χ1n) is 4.80. The molecule has 0 saturated heterocycles. The van der Waals surface area contributed by atoms with E-state index in [1.165, 1.54) is 0 Å². The highest BCUT2D eigenvalue weighted by molar-refractivity contribution is 7.11. The molecule has 0 fully saturated rings. The summed E-state index contributed by atoms with van der Waals surface area (Å²) in [4.78, 5) is 13.6. The Hall–Kier alpha value is -1.69. The van der Waals surface area contributed by atoms with Gasteiger partial charge in [-0.15, -0.1) is 11.3 Å². The lowest BCUT2D eigenvalue weighted by Crippen LogP contribution is -2.02. The van der Waals surface area contributed by atoms with E-state index in [9.17, 15) is 0 Å². The highest BCUT2D eigenvalue weighted by atomic mass is 32.1. The highest BCUT2D eigenvalue weighted by Crippen LogP contribution is 2.13. The molecule has 5 nitrogen and oxygen atoms in total. The van der Waals surface area contributed by atoms with E-state index in [0.29, 0.717) is 18.4 Å². The molecule has 0 aromatic carbocycles. The average molecular weight is 236 g/mol. The topological polar surface area (TPSA) is 59.9 Å². The molecule has 0 bridgehead atoms. The fourth-order valence-corrected chi connectivity index (χ4v) is 1.93. The molecular formula is C10H12N4OS. The van der Waals surface area contributed by atoms with Gasteiger partial charge in [0, 0.05) is 23.3 Å². The van der Waals surface area contributed by atoms with Crippen LogP contribution < -0.4 is 10.1 Å². The standard InChI is InChI=1S/C10H12N4OS/c1-7-12-5-8(16-7)6-13-10-11-4-3-9(14-10)15-2/h3-5H,6H2,1-2H3,(H,11,13,14). The molecule has 2 heterocycles. The van der Waals surface area contributed by atoms with Crippen LogP contribution in [0.3, 0.4) is 0 Å². The van der Waals surface area contributed by atoms with Crippen LogP contribution in [0.15, 0.2) is 18.5 Å². The lowest BCUT2D eigenvalue weighted by atomic mass is 10.5. The molecule has 6 heteroatoms. The van der Waals surface area contributed by atoms with Gasteiger partial charge < -0.3 is 10.1 Å². The van der Waals surface area contributed by atoms with Gasteiger partial charge in [0.2, 0.25) is 11.8 Å². The molecule has 0 spiro atoms. The summed E-state index contributed by atoms with van der Waals surface area (Å²) in [7, 11) is 1.58. The van der Waals surface area contributed by atoms with Crippen molar-refractivity contribution in [1.82, 2.24) is 15.0 Å². The second-order valence-electron chi connectivity index (χ2n) is 3.12. The molecular weight excluding hydrogens is 224 g/mol. The van der Waals surface area contributed by atoms with Gasteiger partial charge in [0.1, 0.15) is 0 Å². The number of ether oxygens (including phenoxy) is 1. The zero-order chi connectivity index (χ0) is 11.4. The molecule has 2 aromatic heterocycles. The molecule has 0 aliphatic heterocycles. The molecule has 0 atom stereocenters. The molecule has 0 aliphatic rings. The number of hydrogen-bond donors (Lipinski definition) is 1. The van der Waals surface area contributed by atoms with Crippen LogP contribution in [0.25, 0.3) is 0 Å². The number of thiazole rings is 1. The van der Waals surface area contributed by atoms with Gasteiger partial charge >= 0.3 is 0 Å². The minimum atomic E-state index is 0.554. The van der Waals surface area contributed by atoms with Crippen molar-refractivity contribution in [3.8, 4) is 5.88 Å². The van der Waals surface area contributed by atoms with E-state index in [4.69, 9.17) is 4.74 Å². The summed E-state index contributed by atoms with van der Waals surface area (Å²) in [6.07, 6.45) is 3.51. The first-order chi connectivity index (χ1) is 7.78. The van der Waals surface area contributed by atoms with Crippen molar-refractivity contribution in [3.63, 3.8) is 0 Å². The number of aryl methyl sites for hydroxylation is 1. The van der Waals surface area contributed by atoms with E-state index in [-0.39, 0.29) is 0 Å². The lowest BCUT2D eigenvalue weighted by molar-refractivity contribution is 0.397. The van der Waals surface area contributed by atoms with Crippen molar-refractivity contribution in [1.29, 1.82) is 0 Å². The van der Waals surface area contributed by atoms with Crippen molar-refractivity contribution in [2.45, 2.75) is 13.5 Å². The third-order valence-corrected chi connectivity index (χ3v) is 2.84. The molecule has 84 valence electrons. The maximum atomic E-state index is 5.01. The van der Waals surface area contributed by atoms with Crippen LogP contribution in [-0.4, -0.2) is 22.1 Å². The highest BCUT2D eigenvalue weighted by Gasteiger charge is 2.01. The Morgan fingerprint density at radius 3 is 3.00 bits per heavy atom. The van der Waals surface area contributed by atoms with Crippen LogP contribution in [-0.2, 0) is 6.54 Å². The molecule has 2 aromatic rings. The maximum Gasteiger partial charge on any atom is 0.226 e. The minimum Gasteiger partial charge on any atom is -0.481 e. The quantitative estimate of drug-likeness (QED) is 0.878. The predicted octanol–water partition coefficient (Wildman–Crippen LogP) is 1.86. The molecule has 16 heavy (non-hydrogen) atoms. The summed E-state index contributed by atoms with van der Waals surface area (Å²) in [5, 5.41) is 4.18. The second kappa shape index (κ2) is 4.89. The van der Waals surface area contributed by atoms with E-state index < -0.39 is 0 Å². The third-order valence-electron chi connectivity index (χ3n) is 1.93. The molecule has 0 amide bonds. The average Bonchev–Trinajstić information content (AvgIpc) is 2.73. The van der Waals surface area contributed by atoms with Crippen LogP contribution in [0, 0.1) is 6.92 Å². The van der Waals surface area contributed by atoms with Gasteiger partial charge in [-0.2, -0.15) is 4.98 Å². The fraction of sp³-hybridized carbons (Fsp3) is 0.300. The monoisotopic (exact) mass is 236 g/mol. The van der Waals surface area contributed by atoms with Gasteiger partial charge in [-0.25, -0.2) is 9.97 Å². The van der Waals surface area contributed by atoms with Gasteiger partial charge in [0.15, 0.2) is 0 Å². The zero-order valence-corrected chi connectivity index (χ0v) is 9.91. The first kappa shape index (κ1) is 10.8. The fourth-order valence-electron chi connectivity index (χ4n) is 1.19. The van der Waals surface area contributed by atoms with Gasteiger partial charge in [-0.3, -0.25) is 0 Å². The van der Waals surface area contributed by atoms with Crippen molar-refractivity contribution in [2.75, 3.05) is 12.4 Å². The zero-order valence-electron chi connectivity index (χ0n) is 9.10. The molecule has 0 aliphatic carbocycles.